The van der Waals surface area contributed by atoms with Gasteiger partial charge in [-0.3, -0.25) is 0 Å². The average Bonchev–Trinajstić information content (AvgIpc) is 2.42. The van der Waals surface area contributed by atoms with E-state index in [4.69, 9.17) is 16.2 Å². The van der Waals surface area contributed by atoms with Gasteiger partial charge in [-0.25, -0.2) is 4.79 Å². The predicted molar refractivity (Wildman–Crippen MR) is 73.0 cm³/mol. The standard InChI is InChI=1S/C14H26N2O2/c15-10-4-8-13(16)9-5-11-18-14(17)12-6-2-1-3-7-12/h6,13H,1-5,7-11,15-16H2. The van der Waals surface area contributed by atoms with Crippen LogP contribution in [-0.4, -0.2) is 25.2 Å². The predicted octanol–water partition coefficient (Wildman–Crippen LogP) is 1.88. The van der Waals surface area contributed by atoms with E-state index in [9.17, 15) is 4.79 Å². The maximum absolute atomic E-state index is 11.7. The van der Waals surface area contributed by atoms with Crippen molar-refractivity contribution in [3.63, 3.8) is 0 Å². The molecule has 4 nitrogen and oxygen atoms in total. The van der Waals surface area contributed by atoms with Gasteiger partial charge in [-0.1, -0.05) is 6.08 Å². The lowest BCUT2D eigenvalue weighted by molar-refractivity contribution is -0.139. The smallest absolute Gasteiger partial charge is 0.333 e. The van der Waals surface area contributed by atoms with Crippen LogP contribution in [0, 0.1) is 0 Å². The molecule has 1 rings (SSSR count). The first-order chi connectivity index (χ1) is 8.74. The van der Waals surface area contributed by atoms with Gasteiger partial charge in [0.2, 0.25) is 0 Å². The van der Waals surface area contributed by atoms with Crippen molar-refractivity contribution in [2.75, 3.05) is 13.2 Å². The van der Waals surface area contributed by atoms with E-state index in [1.165, 1.54) is 6.42 Å². The maximum Gasteiger partial charge on any atom is 0.333 e. The highest BCUT2D eigenvalue weighted by Gasteiger charge is 2.13. The molecule has 0 aromatic rings. The molecule has 0 bridgehead atoms. The Morgan fingerprint density at radius 1 is 1.33 bits per heavy atom. The number of rotatable bonds is 8. The second kappa shape index (κ2) is 9.11. The molecule has 1 unspecified atom stereocenters. The number of hydrogen-bond donors (Lipinski definition) is 2. The van der Waals surface area contributed by atoms with Gasteiger partial charge in [0.15, 0.2) is 0 Å². The minimum Gasteiger partial charge on any atom is -0.462 e. The Morgan fingerprint density at radius 2 is 2.11 bits per heavy atom. The Kier molecular flexibility index (Phi) is 7.69. The van der Waals surface area contributed by atoms with E-state index < -0.39 is 0 Å². The summed E-state index contributed by atoms with van der Waals surface area (Å²) >= 11 is 0. The lowest BCUT2D eigenvalue weighted by atomic mass is 10.00. The Hall–Kier alpha value is -0.870. The summed E-state index contributed by atoms with van der Waals surface area (Å²) in [6.45, 7) is 1.17. The normalized spacial score (nSPS) is 17.1. The first-order valence-corrected chi connectivity index (χ1v) is 7.06. The Morgan fingerprint density at radius 3 is 2.78 bits per heavy atom. The zero-order valence-electron chi connectivity index (χ0n) is 11.2. The Bertz CT molecular complexity index is 277. The van der Waals surface area contributed by atoms with E-state index in [0.29, 0.717) is 13.2 Å². The molecule has 4 N–H and O–H groups in total. The van der Waals surface area contributed by atoms with E-state index in [0.717, 1.165) is 50.5 Å². The summed E-state index contributed by atoms with van der Waals surface area (Å²) in [6.07, 6.45) is 9.83. The number of nitrogens with two attached hydrogens (primary N) is 2. The van der Waals surface area contributed by atoms with Gasteiger partial charge >= 0.3 is 5.97 Å². The monoisotopic (exact) mass is 254 g/mol. The fourth-order valence-electron chi connectivity index (χ4n) is 2.15. The van der Waals surface area contributed by atoms with E-state index >= 15 is 0 Å². The van der Waals surface area contributed by atoms with Crippen LogP contribution in [0.2, 0.25) is 0 Å². The van der Waals surface area contributed by atoms with Crippen LogP contribution in [0.1, 0.15) is 51.4 Å². The van der Waals surface area contributed by atoms with Crippen LogP contribution < -0.4 is 11.5 Å². The molecule has 0 aliphatic heterocycles. The van der Waals surface area contributed by atoms with Crippen LogP contribution in [0.25, 0.3) is 0 Å². The molecule has 0 radical (unpaired) electrons. The van der Waals surface area contributed by atoms with E-state index in [1.54, 1.807) is 0 Å². The van der Waals surface area contributed by atoms with Gasteiger partial charge in [0.1, 0.15) is 0 Å². The molecule has 0 heterocycles. The van der Waals surface area contributed by atoms with Gasteiger partial charge in [-0.05, 0) is 57.9 Å². The van der Waals surface area contributed by atoms with Crippen LogP contribution in [0.15, 0.2) is 11.6 Å². The number of hydrogen-bond acceptors (Lipinski definition) is 4. The molecule has 0 spiro atoms. The molecule has 1 atom stereocenters. The number of esters is 1. The minimum atomic E-state index is -0.134. The number of ether oxygens (including phenoxy) is 1. The molecule has 1 aliphatic carbocycles. The van der Waals surface area contributed by atoms with Gasteiger partial charge < -0.3 is 16.2 Å². The molecular weight excluding hydrogens is 228 g/mol. The zero-order chi connectivity index (χ0) is 13.2. The highest BCUT2D eigenvalue weighted by Crippen LogP contribution is 2.18. The fourth-order valence-corrected chi connectivity index (χ4v) is 2.15. The first-order valence-electron chi connectivity index (χ1n) is 7.06. The largest absolute Gasteiger partial charge is 0.462 e. The summed E-state index contributed by atoms with van der Waals surface area (Å²) in [5.74, 6) is -0.134. The molecule has 4 heteroatoms. The maximum atomic E-state index is 11.7. The molecule has 0 aromatic carbocycles. The molecule has 0 saturated heterocycles. The van der Waals surface area contributed by atoms with Crippen molar-refractivity contribution in [2.24, 2.45) is 11.5 Å². The third-order valence-corrected chi connectivity index (χ3v) is 3.28. The second-order valence-electron chi connectivity index (χ2n) is 4.94. The molecule has 0 amide bonds. The summed E-state index contributed by atoms with van der Waals surface area (Å²) in [5.41, 5.74) is 12.2. The Balaban J connectivity index is 2.06. The molecular formula is C14H26N2O2. The van der Waals surface area contributed by atoms with Crippen LogP contribution in [-0.2, 0) is 9.53 Å². The molecule has 104 valence electrons. The second-order valence-corrected chi connectivity index (χ2v) is 4.94. The summed E-state index contributed by atoms with van der Waals surface area (Å²) in [4.78, 5) is 11.7. The molecule has 18 heavy (non-hydrogen) atoms. The lowest BCUT2D eigenvalue weighted by Gasteiger charge is -2.13. The van der Waals surface area contributed by atoms with Crippen molar-refractivity contribution in [3.05, 3.63) is 11.6 Å². The summed E-state index contributed by atoms with van der Waals surface area (Å²) in [5, 5.41) is 0. The number of carbonyl (C=O) groups is 1. The van der Waals surface area contributed by atoms with E-state index in [1.807, 2.05) is 6.08 Å². The van der Waals surface area contributed by atoms with Gasteiger partial charge in [0.25, 0.3) is 0 Å². The zero-order valence-corrected chi connectivity index (χ0v) is 11.2. The third kappa shape index (κ3) is 6.17. The van der Waals surface area contributed by atoms with Crippen molar-refractivity contribution < 1.29 is 9.53 Å². The quantitative estimate of drug-likeness (QED) is 0.512. The molecule has 0 fully saturated rings. The van der Waals surface area contributed by atoms with E-state index in [2.05, 4.69) is 0 Å². The summed E-state index contributed by atoms with van der Waals surface area (Å²) in [6, 6.07) is 0.182. The van der Waals surface area contributed by atoms with Crippen LogP contribution in [0.5, 0.6) is 0 Å². The van der Waals surface area contributed by atoms with Gasteiger partial charge in [0.05, 0.1) is 6.61 Å². The number of carbonyl (C=O) groups excluding carboxylic acids is 1. The van der Waals surface area contributed by atoms with Crippen molar-refractivity contribution in [2.45, 2.75) is 57.4 Å². The molecule has 1 aliphatic rings. The van der Waals surface area contributed by atoms with Gasteiger partial charge in [-0.2, -0.15) is 0 Å². The minimum absolute atomic E-state index is 0.134. The van der Waals surface area contributed by atoms with Crippen LogP contribution >= 0.6 is 0 Å². The number of allylic oxidation sites excluding steroid dienone is 1. The SMILES string of the molecule is NCCCC(N)CCCOC(=O)C1=CCCCC1. The lowest BCUT2D eigenvalue weighted by Crippen LogP contribution is -2.22. The van der Waals surface area contributed by atoms with Gasteiger partial charge in [-0.15, -0.1) is 0 Å². The van der Waals surface area contributed by atoms with Crippen molar-refractivity contribution in [1.82, 2.24) is 0 Å². The average molecular weight is 254 g/mol. The highest BCUT2D eigenvalue weighted by atomic mass is 16.5. The summed E-state index contributed by atoms with van der Waals surface area (Å²) in [7, 11) is 0. The highest BCUT2D eigenvalue weighted by molar-refractivity contribution is 5.88. The topological polar surface area (TPSA) is 78.3 Å². The Labute approximate surface area is 110 Å². The fraction of sp³-hybridized carbons (Fsp3) is 0.786. The van der Waals surface area contributed by atoms with Crippen molar-refractivity contribution in [1.29, 1.82) is 0 Å². The molecule has 0 saturated carbocycles. The van der Waals surface area contributed by atoms with Crippen molar-refractivity contribution in [3.8, 4) is 0 Å². The van der Waals surface area contributed by atoms with Gasteiger partial charge in [0, 0.05) is 11.6 Å². The van der Waals surface area contributed by atoms with Crippen molar-refractivity contribution >= 4 is 5.97 Å². The van der Waals surface area contributed by atoms with E-state index in [-0.39, 0.29) is 12.0 Å². The van der Waals surface area contributed by atoms with Crippen LogP contribution in [0.4, 0.5) is 0 Å². The first kappa shape index (κ1) is 15.2. The molecule has 0 aromatic heterocycles. The summed E-state index contributed by atoms with van der Waals surface area (Å²) < 4.78 is 5.25. The van der Waals surface area contributed by atoms with Crippen LogP contribution in [0.3, 0.4) is 0 Å². The third-order valence-electron chi connectivity index (χ3n) is 3.28.